The number of ether oxygens (including phenoxy) is 1. The van der Waals surface area contributed by atoms with Crippen LogP contribution in [0, 0.1) is 0 Å². The molecule has 5 heteroatoms. The summed E-state index contributed by atoms with van der Waals surface area (Å²) in [5.41, 5.74) is 0.804. The summed E-state index contributed by atoms with van der Waals surface area (Å²) < 4.78 is 5.04. The summed E-state index contributed by atoms with van der Waals surface area (Å²) in [7, 11) is 1.55. The van der Waals surface area contributed by atoms with E-state index in [1.807, 2.05) is 6.07 Å². The largest absolute Gasteiger partial charge is 0.507 e. The number of carboxylic acids is 1. The van der Waals surface area contributed by atoms with Crippen LogP contribution in [0.1, 0.15) is 24.8 Å². The minimum atomic E-state index is -0.787. The van der Waals surface area contributed by atoms with E-state index in [2.05, 4.69) is 4.90 Å². The molecule has 2 N–H and O–H groups in total. The molecule has 1 aromatic rings. The Kier molecular flexibility index (Phi) is 4.27. The number of carbonyl (C=O) groups is 1. The van der Waals surface area contributed by atoms with E-state index in [4.69, 9.17) is 9.84 Å². The number of carboxylic acid groups (broad SMARTS) is 1. The Morgan fingerprint density at radius 3 is 2.74 bits per heavy atom. The third-order valence-electron chi connectivity index (χ3n) is 3.34. The van der Waals surface area contributed by atoms with Gasteiger partial charge in [-0.25, -0.2) is 0 Å². The highest BCUT2D eigenvalue weighted by molar-refractivity contribution is 5.66. The molecule has 1 aliphatic rings. The van der Waals surface area contributed by atoms with Crippen molar-refractivity contribution < 1.29 is 19.7 Å². The molecule has 0 atom stereocenters. The minimum absolute atomic E-state index is 0.132. The van der Waals surface area contributed by atoms with Crippen LogP contribution in [0.4, 0.5) is 0 Å². The minimum Gasteiger partial charge on any atom is -0.507 e. The fourth-order valence-corrected chi connectivity index (χ4v) is 2.09. The zero-order valence-corrected chi connectivity index (χ0v) is 11.0. The van der Waals surface area contributed by atoms with Gasteiger partial charge in [0.05, 0.1) is 13.5 Å². The lowest BCUT2D eigenvalue weighted by molar-refractivity contribution is -0.137. The Balaban J connectivity index is 2.02. The second-order valence-electron chi connectivity index (χ2n) is 4.84. The van der Waals surface area contributed by atoms with Crippen molar-refractivity contribution in [2.75, 3.05) is 13.7 Å². The molecular formula is C14H19NO4. The third kappa shape index (κ3) is 3.86. The molecular weight excluding hydrogens is 246 g/mol. The van der Waals surface area contributed by atoms with E-state index < -0.39 is 5.97 Å². The maximum Gasteiger partial charge on any atom is 0.304 e. The van der Waals surface area contributed by atoms with Gasteiger partial charge in [-0.2, -0.15) is 0 Å². The van der Waals surface area contributed by atoms with Crippen molar-refractivity contribution in [3.63, 3.8) is 0 Å². The van der Waals surface area contributed by atoms with Crippen molar-refractivity contribution in [3.05, 3.63) is 23.8 Å². The van der Waals surface area contributed by atoms with Crippen LogP contribution in [-0.4, -0.2) is 40.8 Å². The molecule has 2 rings (SSSR count). The lowest BCUT2D eigenvalue weighted by atomic mass is 10.1. The van der Waals surface area contributed by atoms with Crippen molar-refractivity contribution >= 4 is 5.97 Å². The number of benzene rings is 1. The maximum atomic E-state index is 10.7. The fourth-order valence-electron chi connectivity index (χ4n) is 2.09. The van der Waals surface area contributed by atoms with E-state index in [0.29, 0.717) is 24.9 Å². The predicted octanol–water partition coefficient (Wildman–Crippen LogP) is 1.84. The Labute approximate surface area is 112 Å². The number of phenols is 1. The number of hydrogen-bond donors (Lipinski definition) is 2. The molecule has 0 aromatic heterocycles. The number of aliphatic carboxylic acids is 1. The van der Waals surface area contributed by atoms with Gasteiger partial charge in [-0.05, 0) is 18.9 Å². The van der Waals surface area contributed by atoms with Crippen LogP contribution in [0.25, 0.3) is 0 Å². The van der Waals surface area contributed by atoms with Crippen LogP contribution in [0.2, 0.25) is 0 Å². The molecule has 0 spiro atoms. The van der Waals surface area contributed by atoms with E-state index in [1.165, 1.54) is 0 Å². The third-order valence-corrected chi connectivity index (χ3v) is 3.34. The fraction of sp³-hybridized carbons (Fsp3) is 0.500. The monoisotopic (exact) mass is 265 g/mol. The molecule has 1 aliphatic carbocycles. The lowest BCUT2D eigenvalue weighted by Crippen LogP contribution is -2.28. The van der Waals surface area contributed by atoms with E-state index >= 15 is 0 Å². The number of nitrogens with zero attached hydrogens (tertiary/aromatic N) is 1. The van der Waals surface area contributed by atoms with Crippen molar-refractivity contribution in [2.24, 2.45) is 0 Å². The van der Waals surface area contributed by atoms with Crippen LogP contribution in [0.3, 0.4) is 0 Å². The lowest BCUT2D eigenvalue weighted by Gasteiger charge is -2.21. The Morgan fingerprint density at radius 1 is 1.47 bits per heavy atom. The van der Waals surface area contributed by atoms with E-state index in [0.717, 1.165) is 18.4 Å². The standard InChI is InChI=1S/C14H19NO4/c1-19-12-5-2-10(13(16)8-12)9-15(11-3-4-11)7-6-14(17)18/h2,5,8,11,16H,3-4,6-7,9H2,1H3,(H,17,18). The molecule has 19 heavy (non-hydrogen) atoms. The van der Waals surface area contributed by atoms with Gasteiger partial charge in [0, 0.05) is 30.8 Å². The zero-order valence-electron chi connectivity index (χ0n) is 11.0. The van der Waals surface area contributed by atoms with Crippen molar-refractivity contribution in [2.45, 2.75) is 31.8 Å². The summed E-state index contributed by atoms with van der Waals surface area (Å²) in [5.74, 6) is 0.0229. The smallest absolute Gasteiger partial charge is 0.304 e. The Hall–Kier alpha value is -1.75. The quantitative estimate of drug-likeness (QED) is 0.787. The van der Waals surface area contributed by atoms with Crippen LogP contribution in [0.15, 0.2) is 18.2 Å². The molecule has 0 unspecified atom stereocenters. The molecule has 1 saturated carbocycles. The number of methoxy groups -OCH3 is 1. The number of phenolic OH excluding ortho intramolecular Hbond substituents is 1. The molecule has 5 nitrogen and oxygen atoms in total. The number of rotatable bonds is 7. The average Bonchev–Trinajstić information content (AvgIpc) is 3.20. The highest BCUT2D eigenvalue weighted by atomic mass is 16.5. The molecule has 1 aromatic carbocycles. The summed E-state index contributed by atoms with van der Waals surface area (Å²) in [5, 5.41) is 18.7. The van der Waals surface area contributed by atoms with Crippen LogP contribution >= 0.6 is 0 Å². The molecule has 0 saturated heterocycles. The SMILES string of the molecule is COc1ccc(CN(CCC(=O)O)C2CC2)c(O)c1. The summed E-state index contributed by atoms with van der Waals surface area (Å²) >= 11 is 0. The Bertz CT molecular complexity index is 457. The first-order chi connectivity index (χ1) is 9.10. The van der Waals surface area contributed by atoms with Crippen molar-refractivity contribution in [3.8, 4) is 11.5 Å². The van der Waals surface area contributed by atoms with Gasteiger partial charge in [0.15, 0.2) is 0 Å². The normalized spacial score (nSPS) is 14.6. The number of hydrogen-bond acceptors (Lipinski definition) is 4. The van der Waals surface area contributed by atoms with Gasteiger partial charge >= 0.3 is 5.97 Å². The van der Waals surface area contributed by atoms with E-state index in [-0.39, 0.29) is 12.2 Å². The molecule has 0 amide bonds. The summed E-state index contributed by atoms with van der Waals surface area (Å²) in [6, 6.07) is 5.67. The molecule has 0 radical (unpaired) electrons. The summed E-state index contributed by atoms with van der Waals surface area (Å²) in [4.78, 5) is 12.8. The Morgan fingerprint density at radius 2 is 2.21 bits per heavy atom. The zero-order chi connectivity index (χ0) is 13.8. The maximum absolute atomic E-state index is 10.7. The first kappa shape index (κ1) is 13.7. The average molecular weight is 265 g/mol. The van der Waals surface area contributed by atoms with Gasteiger partial charge in [-0.15, -0.1) is 0 Å². The van der Waals surface area contributed by atoms with Gasteiger partial charge < -0.3 is 14.9 Å². The summed E-state index contributed by atoms with van der Waals surface area (Å²) in [6.45, 7) is 1.10. The van der Waals surface area contributed by atoms with Gasteiger partial charge in [0.1, 0.15) is 11.5 Å². The molecule has 104 valence electrons. The van der Waals surface area contributed by atoms with E-state index in [9.17, 15) is 9.90 Å². The van der Waals surface area contributed by atoms with Crippen LogP contribution in [-0.2, 0) is 11.3 Å². The first-order valence-electron chi connectivity index (χ1n) is 6.42. The van der Waals surface area contributed by atoms with Gasteiger partial charge in [-0.3, -0.25) is 9.69 Å². The van der Waals surface area contributed by atoms with Crippen molar-refractivity contribution in [1.29, 1.82) is 0 Å². The van der Waals surface area contributed by atoms with Crippen LogP contribution < -0.4 is 4.74 Å². The number of aromatic hydroxyl groups is 1. The van der Waals surface area contributed by atoms with Crippen molar-refractivity contribution in [1.82, 2.24) is 4.90 Å². The predicted molar refractivity (Wildman–Crippen MR) is 70.3 cm³/mol. The second kappa shape index (κ2) is 5.93. The second-order valence-corrected chi connectivity index (χ2v) is 4.84. The molecule has 0 bridgehead atoms. The van der Waals surface area contributed by atoms with E-state index in [1.54, 1.807) is 19.2 Å². The summed E-state index contributed by atoms with van der Waals surface area (Å²) in [6.07, 6.45) is 2.35. The van der Waals surface area contributed by atoms with Gasteiger partial charge in [-0.1, -0.05) is 6.07 Å². The van der Waals surface area contributed by atoms with Gasteiger partial charge in [0.25, 0.3) is 0 Å². The molecule has 1 fully saturated rings. The molecule has 0 heterocycles. The van der Waals surface area contributed by atoms with Gasteiger partial charge in [0.2, 0.25) is 0 Å². The highest BCUT2D eigenvalue weighted by Gasteiger charge is 2.29. The topological polar surface area (TPSA) is 70.0 Å². The highest BCUT2D eigenvalue weighted by Crippen LogP contribution is 2.31. The molecule has 0 aliphatic heterocycles. The van der Waals surface area contributed by atoms with Crippen LogP contribution in [0.5, 0.6) is 11.5 Å². The first-order valence-corrected chi connectivity index (χ1v) is 6.42.